The highest BCUT2D eigenvalue weighted by atomic mass is 15.3. The molecule has 6 nitrogen and oxygen atoms in total. The molecule has 0 radical (unpaired) electrons. The van der Waals surface area contributed by atoms with Gasteiger partial charge in [-0.3, -0.25) is 0 Å². The molecule has 0 aliphatic heterocycles. The van der Waals surface area contributed by atoms with E-state index in [4.69, 9.17) is 5.26 Å². The van der Waals surface area contributed by atoms with Gasteiger partial charge in [0.15, 0.2) is 5.82 Å². The monoisotopic (exact) mass is 330 g/mol. The minimum atomic E-state index is 0.402. The van der Waals surface area contributed by atoms with Crippen molar-refractivity contribution in [3.05, 3.63) is 65.9 Å². The Bertz CT molecular complexity index is 896. The molecule has 1 aromatic heterocycles. The lowest BCUT2D eigenvalue weighted by atomic mass is 10.0. The van der Waals surface area contributed by atoms with Crippen LogP contribution in [0.3, 0.4) is 0 Å². The molecule has 1 heterocycles. The summed E-state index contributed by atoms with van der Waals surface area (Å²) in [5.41, 5.74) is 3.52. The molecular weight excluding hydrogens is 312 g/mol. The summed E-state index contributed by atoms with van der Waals surface area (Å²) >= 11 is 0. The number of hydrogen-bond acceptors (Lipinski definition) is 6. The predicted molar refractivity (Wildman–Crippen MR) is 98.1 cm³/mol. The van der Waals surface area contributed by atoms with E-state index in [-0.39, 0.29) is 0 Å². The van der Waals surface area contributed by atoms with Gasteiger partial charge in [-0.25, -0.2) is 0 Å². The first kappa shape index (κ1) is 16.4. The minimum absolute atomic E-state index is 0.402. The average Bonchev–Trinajstić information content (AvgIpc) is 2.62. The van der Waals surface area contributed by atoms with Crippen LogP contribution in [-0.2, 0) is 0 Å². The zero-order valence-corrected chi connectivity index (χ0v) is 14.1. The van der Waals surface area contributed by atoms with Gasteiger partial charge in [0.2, 0.25) is 5.95 Å². The molecule has 0 spiro atoms. The molecule has 0 bridgehead atoms. The van der Waals surface area contributed by atoms with Crippen molar-refractivity contribution in [2.75, 3.05) is 10.6 Å². The SMILES string of the molecule is CC(C)c1ccc(Nc2nncc(Nc3cccc(C#N)c3)n2)cc1. The Morgan fingerprint density at radius 3 is 2.52 bits per heavy atom. The van der Waals surface area contributed by atoms with Gasteiger partial charge in [0.1, 0.15) is 0 Å². The average molecular weight is 330 g/mol. The van der Waals surface area contributed by atoms with Crippen molar-refractivity contribution in [1.82, 2.24) is 15.2 Å². The fourth-order valence-electron chi connectivity index (χ4n) is 2.31. The Hall–Kier alpha value is -3.46. The third kappa shape index (κ3) is 4.30. The van der Waals surface area contributed by atoms with E-state index in [1.54, 1.807) is 12.1 Å². The van der Waals surface area contributed by atoms with Crippen LogP contribution < -0.4 is 10.6 Å². The van der Waals surface area contributed by atoms with Crippen LogP contribution >= 0.6 is 0 Å². The maximum absolute atomic E-state index is 8.96. The van der Waals surface area contributed by atoms with Crippen molar-refractivity contribution in [2.24, 2.45) is 0 Å². The van der Waals surface area contributed by atoms with Crippen LogP contribution in [0.15, 0.2) is 54.7 Å². The van der Waals surface area contributed by atoms with Gasteiger partial charge in [0.25, 0.3) is 0 Å². The lowest BCUT2D eigenvalue weighted by Crippen LogP contribution is -2.02. The number of nitrogens with one attached hydrogen (secondary N) is 2. The summed E-state index contributed by atoms with van der Waals surface area (Å²) in [4.78, 5) is 4.40. The molecule has 25 heavy (non-hydrogen) atoms. The second-order valence-corrected chi connectivity index (χ2v) is 5.88. The molecule has 2 N–H and O–H groups in total. The van der Waals surface area contributed by atoms with Crippen molar-refractivity contribution < 1.29 is 0 Å². The number of anilines is 4. The predicted octanol–water partition coefficient (Wildman–Crippen LogP) is 4.35. The molecule has 0 unspecified atom stereocenters. The molecule has 0 atom stereocenters. The smallest absolute Gasteiger partial charge is 0.249 e. The Morgan fingerprint density at radius 2 is 1.80 bits per heavy atom. The largest absolute Gasteiger partial charge is 0.339 e. The van der Waals surface area contributed by atoms with E-state index in [1.165, 1.54) is 11.8 Å². The molecular formula is C19H18N6. The van der Waals surface area contributed by atoms with E-state index in [0.717, 1.165) is 11.4 Å². The van der Waals surface area contributed by atoms with E-state index in [2.05, 4.69) is 57.9 Å². The molecule has 6 heteroatoms. The third-order valence-corrected chi connectivity index (χ3v) is 3.66. The van der Waals surface area contributed by atoms with Crippen molar-refractivity contribution in [3.8, 4) is 6.07 Å². The summed E-state index contributed by atoms with van der Waals surface area (Å²) in [5, 5.41) is 23.2. The van der Waals surface area contributed by atoms with E-state index < -0.39 is 0 Å². The summed E-state index contributed by atoms with van der Waals surface area (Å²) in [6, 6.07) is 17.4. The van der Waals surface area contributed by atoms with Gasteiger partial charge in [-0.1, -0.05) is 32.0 Å². The van der Waals surface area contributed by atoms with Crippen LogP contribution in [0, 0.1) is 11.3 Å². The first-order valence-corrected chi connectivity index (χ1v) is 7.98. The number of hydrogen-bond donors (Lipinski definition) is 2. The van der Waals surface area contributed by atoms with Crippen molar-refractivity contribution in [1.29, 1.82) is 5.26 Å². The molecule has 0 fully saturated rings. The summed E-state index contributed by atoms with van der Waals surface area (Å²) < 4.78 is 0. The maximum atomic E-state index is 8.96. The van der Waals surface area contributed by atoms with Gasteiger partial charge in [0.05, 0.1) is 17.8 Å². The minimum Gasteiger partial charge on any atom is -0.339 e. The van der Waals surface area contributed by atoms with Crippen LogP contribution in [0.1, 0.15) is 30.9 Å². The molecule has 2 aromatic carbocycles. The molecule has 0 aliphatic carbocycles. The summed E-state index contributed by atoms with van der Waals surface area (Å²) in [6.45, 7) is 4.32. The molecule has 124 valence electrons. The zero-order valence-electron chi connectivity index (χ0n) is 14.1. The first-order chi connectivity index (χ1) is 12.1. The number of nitriles is 1. The number of nitrogens with zero attached hydrogens (tertiary/aromatic N) is 4. The van der Waals surface area contributed by atoms with Crippen molar-refractivity contribution in [2.45, 2.75) is 19.8 Å². The molecule has 3 aromatic rings. The molecule has 0 amide bonds. The van der Waals surface area contributed by atoms with Gasteiger partial charge in [0, 0.05) is 11.4 Å². The van der Waals surface area contributed by atoms with E-state index in [9.17, 15) is 0 Å². The highest BCUT2D eigenvalue weighted by Crippen LogP contribution is 2.20. The third-order valence-electron chi connectivity index (χ3n) is 3.66. The second kappa shape index (κ2) is 7.41. The summed E-state index contributed by atoms with van der Waals surface area (Å²) in [7, 11) is 0. The first-order valence-electron chi connectivity index (χ1n) is 7.98. The standard InChI is InChI=1S/C19H18N6/c1-13(2)15-6-8-16(9-7-15)23-19-24-18(12-21-25-19)22-17-5-3-4-14(10-17)11-20/h3-10,12-13H,1-2H3,(H2,22,23,24,25). The highest BCUT2D eigenvalue weighted by Gasteiger charge is 2.04. The maximum Gasteiger partial charge on any atom is 0.249 e. The fourth-order valence-corrected chi connectivity index (χ4v) is 2.31. The van der Waals surface area contributed by atoms with Gasteiger partial charge in [-0.05, 0) is 41.8 Å². The lowest BCUT2D eigenvalue weighted by molar-refractivity contribution is 0.867. The van der Waals surface area contributed by atoms with Gasteiger partial charge >= 0.3 is 0 Å². The Balaban J connectivity index is 1.73. The molecule has 3 rings (SSSR count). The Morgan fingerprint density at radius 1 is 1.00 bits per heavy atom. The van der Waals surface area contributed by atoms with Crippen LogP contribution in [0.4, 0.5) is 23.1 Å². The summed E-state index contributed by atoms with van der Waals surface area (Å²) in [6.07, 6.45) is 1.53. The number of aromatic nitrogens is 3. The van der Waals surface area contributed by atoms with E-state index in [1.807, 2.05) is 24.3 Å². The molecule has 0 saturated heterocycles. The zero-order chi connectivity index (χ0) is 17.6. The molecule has 0 saturated carbocycles. The number of rotatable bonds is 5. The van der Waals surface area contributed by atoms with Crippen molar-refractivity contribution >= 4 is 23.1 Å². The van der Waals surface area contributed by atoms with Crippen LogP contribution in [-0.4, -0.2) is 15.2 Å². The van der Waals surface area contributed by atoms with E-state index >= 15 is 0 Å². The summed E-state index contributed by atoms with van der Waals surface area (Å²) in [5.74, 6) is 1.44. The van der Waals surface area contributed by atoms with Gasteiger partial charge in [-0.2, -0.15) is 15.3 Å². The Kier molecular flexibility index (Phi) is 4.86. The second-order valence-electron chi connectivity index (χ2n) is 5.88. The van der Waals surface area contributed by atoms with Crippen LogP contribution in [0.2, 0.25) is 0 Å². The quantitative estimate of drug-likeness (QED) is 0.723. The molecule has 0 aliphatic rings. The number of benzene rings is 2. The van der Waals surface area contributed by atoms with Gasteiger partial charge in [-0.15, -0.1) is 5.10 Å². The highest BCUT2D eigenvalue weighted by molar-refractivity contribution is 5.60. The topological polar surface area (TPSA) is 86.5 Å². The Labute approximate surface area is 146 Å². The van der Waals surface area contributed by atoms with Gasteiger partial charge < -0.3 is 10.6 Å². The van der Waals surface area contributed by atoms with Crippen LogP contribution in [0.5, 0.6) is 0 Å². The normalized spacial score (nSPS) is 10.3. The van der Waals surface area contributed by atoms with Crippen molar-refractivity contribution in [3.63, 3.8) is 0 Å². The van der Waals surface area contributed by atoms with E-state index in [0.29, 0.717) is 23.2 Å². The lowest BCUT2D eigenvalue weighted by Gasteiger charge is -2.09. The van der Waals surface area contributed by atoms with Crippen LogP contribution in [0.25, 0.3) is 0 Å². The fraction of sp³-hybridized carbons (Fsp3) is 0.158.